The molecule has 2 heterocycles. The Labute approximate surface area is 181 Å². The van der Waals surface area contributed by atoms with Crippen LogP contribution in [0.4, 0.5) is 10.5 Å². The molecule has 0 saturated carbocycles. The first kappa shape index (κ1) is 22.7. The second-order valence-corrected chi connectivity index (χ2v) is 7.64. The van der Waals surface area contributed by atoms with E-state index in [1.54, 1.807) is 29.2 Å². The Morgan fingerprint density at radius 2 is 1.74 bits per heavy atom. The molecule has 1 aromatic rings. The summed E-state index contributed by atoms with van der Waals surface area (Å²) in [6.07, 6.45) is 1.15. The minimum atomic E-state index is -0.698. The first-order chi connectivity index (χ1) is 14.9. The Balaban J connectivity index is 1.51. The number of carbonyl (C=O) groups is 3. The first-order valence-electron chi connectivity index (χ1n) is 10.3. The van der Waals surface area contributed by atoms with Gasteiger partial charge in [0.05, 0.1) is 27.3 Å². The van der Waals surface area contributed by atoms with Crippen LogP contribution >= 0.6 is 0 Å². The zero-order valence-corrected chi connectivity index (χ0v) is 17.9. The fourth-order valence-corrected chi connectivity index (χ4v) is 4.00. The van der Waals surface area contributed by atoms with Gasteiger partial charge < -0.3 is 14.4 Å². The number of carbonyl (C=O) groups excluding carboxylic acids is 3. The summed E-state index contributed by atoms with van der Waals surface area (Å²) >= 11 is 0. The second-order valence-electron chi connectivity index (χ2n) is 7.64. The van der Waals surface area contributed by atoms with Gasteiger partial charge in [0.2, 0.25) is 5.91 Å². The van der Waals surface area contributed by atoms with Gasteiger partial charge in [-0.3, -0.25) is 30.1 Å². The highest BCUT2D eigenvalue weighted by molar-refractivity contribution is 6.05. The average Bonchev–Trinajstić information content (AvgIpc) is 2.79. The molecule has 2 amide bonds. The maximum absolute atomic E-state index is 12.8. The predicted molar refractivity (Wildman–Crippen MR) is 114 cm³/mol. The Morgan fingerprint density at radius 1 is 1.06 bits per heavy atom. The number of alkyl carbamates (subject to hydrolysis) is 1. The molecule has 168 valence electrons. The number of benzene rings is 1. The number of anilines is 1. The first-order valence-corrected chi connectivity index (χ1v) is 10.3. The average molecular weight is 431 g/mol. The zero-order chi connectivity index (χ0) is 22.4. The molecule has 2 fully saturated rings. The minimum absolute atomic E-state index is 0.0405. The third-order valence-electron chi connectivity index (χ3n) is 5.78. The molecule has 0 radical (unpaired) electrons. The summed E-state index contributed by atoms with van der Waals surface area (Å²) in [6, 6.07) is 7.30. The molecule has 0 unspecified atom stereocenters. The van der Waals surface area contributed by atoms with E-state index in [4.69, 9.17) is 10.1 Å². The number of esters is 1. The summed E-state index contributed by atoms with van der Waals surface area (Å²) in [6.45, 7) is 3.71. The number of piperazine rings is 1. The van der Waals surface area contributed by atoms with Crippen molar-refractivity contribution in [1.29, 1.82) is 5.41 Å². The number of ether oxygens (including phenoxy) is 2. The smallest absolute Gasteiger partial charge is 0.412 e. The van der Waals surface area contributed by atoms with Crippen LogP contribution in [0.2, 0.25) is 0 Å². The maximum Gasteiger partial charge on any atom is 0.412 e. The van der Waals surface area contributed by atoms with Crippen LogP contribution in [0.5, 0.6) is 0 Å². The van der Waals surface area contributed by atoms with Gasteiger partial charge in [0.15, 0.2) is 0 Å². The highest BCUT2D eigenvalue weighted by Crippen LogP contribution is 2.22. The second kappa shape index (κ2) is 10.4. The van der Waals surface area contributed by atoms with Crippen molar-refractivity contribution < 1.29 is 23.9 Å². The maximum atomic E-state index is 12.8. The van der Waals surface area contributed by atoms with Crippen molar-refractivity contribution in [3.8, 4) is 0 Å². The molecular weight excluding hydrogens is 402 g/mol. The van der Waals surface area contributed by atoms with Gasteiger partial charge in [0, 0.05) is 43.5 Å². The lowest BCUT2D eigenvalue weighted by Gasteiger charge is -2.42. The number of amidine groups is 1. The van der Waals surface area contributed by atoms with Crippen LogP contribution in [0.1, 0.15) is 18.4 Å². The number of hydrogen-bond donors (Lipinski definition) is 2. The SMILES string of the molecule is COC(=O)CN1CCC(N2CCN(c3ccc(C(=N)NC(=O)OC)cc3)C(=O)C2)CC1. The molecule has 31 heavy (non-hydrogen) atoms. The summed E-state index contributed by atoms with van der Waals surface area (Å²) in [5.41, 5.74) is 1.30. The van der Waals surface area contributed by atoms with E-state index >= 15 is 0 Å². The summed E-state index contributed by atoms with van der Waals surface area (Å²) < 4.78 is 9.22. The van der Waals surface area contributed by atoms with Gasteiger partial charge in [-0.2, -0.15) is 0 Å². The number of rotatable bonds is 5. The van der Waals surface area contributed by atoms with Crippen molar-refractivity contribution in [3.05, 3.63) is 29.8 Å². The fourth-order valence-electron chi connectivity index (χ4n) is 4.00. The molecule has 1 aromatic carbocycles. The lowest BCUT2D eigenvalue weighted by atomic mass is 10.0. The Kier molecular flexibility index (Phi) is 7.59. The standard InChI is InChI=1S/C21H29N5O5/c1-30-19(28)14-24-9-7-16(8-10-24)25-11-12-26(18(27)13-25)17-5-3-15(4-6-17)20(22)23-21(29)31-2/h3-6,16H,7-14H2,1-2H3,(H2,22,23,29). The minimum Gasteiger partial charge on any atom is -0.468 e. The van der Waals surface area contributed by atoms with Gasteiger partial charge in [-0.05, 0) is 37.1 Å². The van der Waals surface area contributed by atoms with Crippen LogP contribution < -0.4 is 10.2 Å². The molecule has 10 heteroatoms. The molecule has 3 rings (SSSR count). The van der Waals surface area contributed by atoms with E-state index in [2.05, 4.69) is 19.9 Å². The number of nitrogens with one attached hydrogen (secondary N) is 2. The summed E-state index contributed by atoms with van der Waals surface area (Å²) in [5, 5.41) is 10.2. The number of methoxy groups -OCH3 is 2. The summed E-state index contributed by atoms with van der Waals surface area (Å²) in [5.74, 6) is -0.240. The van der Waals surface area contributed by atoms with Gasteiger partial charge in [-0.1, -0.05) is 0 Å². The zero-order valence-electron chi connectivity index (χ0n) is 17.9. The molecule has 10 nitrogen and oxygen atoms in total. The molecule has 2 saturated heterocycles. The van der Waals surface area contributed by atoms with Gasteiger partial charge in [0.25, 0.3) is 0 Å². The fraction of sp³-hybridized carbons (Fsp3) is 0.524. The predicted octanol–water partition coefficient (Wildman–Crippen LogP) is 0.654. The monoisotopic (exact) mass is 431 g/mol. The number of amides is 2. The van der Waals surface area contributed by atoms with Crippen molar-refractivity contribution in [3.63, 3.8) is 0 Å². The number of hydrogen-bond acceptors (Lipinski definition) is 8. The van der Waals surface area contributed by atoms with Crippen molar-refractivity contribution in [2.45, 2.75) is 18.9 Å². The Hall–Kier alpha value is -2.98. The highest BCUT2D eigenvalue weighted by Gasteiger charge is 2.32. The third-order valence-corrected chi connectivity index (χ3v) is 5.78. The van der Waals surface area contributed by atoms with E-state index < -0.39 is 6.09 Å². The van der Waals surface area contributed by atoms with Crippen molar-refractivity contribution in [2.75, 3.05) is 58.4 Å². The van der Waals surface area contributed by atoms with E-state index in [9.17, 15) is 14.4 Å². The topological polar surface area (TPSA) is 115 Å². The van der Waals surface area contributed by atoms with Gasteiger partial charge in [-0.25, -0.2) is 4.79 Å². The molecule has 0 atom stereocenters. The van der Waals surface area contributed by atoms with Crippen LogP contribution in [0, 0.1) is 5.41 Å². The van der Waals surface area contributed by atoms with Crippen molar-refractivity contribution in [2.24, 2.45) is 0 Å². The molecule has 2 aliphatic heterocycles. The van der Waals surface area contributed by atoms with E-state index in [1.165, 1.54) is 14.2 Å². The van der Waals surface area contributed by atoms with Crippen LogP contribution in [0.15, 0.2) is 24.3 Å². The van der Waals surface area contributed by atoms with E-state index in [-0.39, 0.29) is 17.7 Å². The van der Waals surface area contributed by atoms with Crippen LogP contribution in [0.3, 0.4) is 0 Å². The largest absolute Gasteiger partial charge is 0.468 e. The van der Waals surface area contributed by atoms with E-state index in [1.807, 2.05) is 0 Å². The molecule has 0 aliphatic carbocycles. The third kappa shape index (κ3) is 5.80. The van der Waals surface area contributed by atoms with Crippen molar-refractivity contribution in [1.82, 2.24) is 15.1 Å². The van der Waals surface area contributed by atoms with Crippen LogP contribution in [0.25, 0.3) is 0 Å². The van der Waals surface area contributed by atoms with Crippen LogP contribution in [-0.2, 0) is 19.1 Å². The molecule has 2 N–H and O–H groups in total. The van der Waals surface area contributed by atoms with Gasteiger partial charge in [0.1, 0.15) is 5.84 Å². The van der Waals surface area contributed by atoms with Gasteiger partial charge in [-0.15, -0.1) is 0 Å². The number of likely N-dealkylation sites (tertiary alicyclic amines) is 1. The molecule has 2 aliphatic rings. The molecule has 0 bridgehead atoms. The summed E-state index contributed by atoms with van der Waals surface area (Å²) in [4.78, 5) is 41.6. The quantitative estimate of drug-likeness (QED) is 0.400. The lowest BCUT2D eigenvalue weighted by Crippen LogP contribution is -2.56. The summed E-state index contributed by atoms with van der Waals surface area (Å²) in [7, 11) is 2.64. The number of piperidine rings is 1. The number of nitrogens with zero attached hydrogens (tertiary/aromatic N) is 3. The van der Waals surface area contributed by atoms with Crippen LogP contribution in [-0.4, -0.2) is 93.1 Å². The Morgan fingerprint density at radius 3 is 2.32 bits per heavy atom. The van der Waals surface area contributed by atoms with E-state index in [0.29, 0.717) is 31.2 Å². The Bertz CT molecular complexity index is 820. The van der Waals surface area contributed by atoms with Crippen molar-refractivity contribution >= 4 is 29.5 Å². The van der Waals surface area contributed by atoms with Gasteiger partial charge >= 0.3 is 12.1 Å². The molecular formula is C21H29N5O5. The molecule has 0 aromatic heterocycles. The highest BCUT2D eigenvalue weighted by atomic mass is 16.5. The van der Waals surface area contributed by atoms with E-state index in [0.717, 1.165) is 38.2 Å². The lowest BCUT2D eigenvalue weighted by molar-refractivity contribution is -0.142. The normalized spacial score (nSPS) is 18.5. The molecule has 0 spiro atoms.